The fourth-order valence-electron chi connectivity index (χ4n) is 3.33. The molecule has 8 heteroatoms. The van der Waals surface area contributed by atoms with Crippen molar-refractivity contribution in [3.8, 4) is 0 Å². The zero-order valence-corrected chi connectivity index (χ0v) is 16.4. The van der Waals surface area contributed by atoms with Crippen molar-refractivity contribution in [2.75, 3.05) is 5.32 Å². The van der Waals surface area contributed by atoms with Crippen molar-refractivity contribution in [3.05, 3.63) is 76.1 Å². The first-order valence-electron chi connectivity index (χ1n) is 9.13. The first-order valence-corrected chi connectivity index (χ1v) is 9.50. The summed E-state index contributed by atoms with van der Waals surface area (Å²) in [7, 11) is 0. The van der Waals surface area contributed by atoms with Crippen LogP contribution in [0.15, 0.2) is 56.6 Å². The number of halogens is 1. The molecule has 1 aliphatic carbocycles. The Morgan fingerprint density at radius 3 is 2.76 bits per heavy atom. The van der Waals surface area contributed by atoms with Gasteiger partial charge in [0.2, 0.25) is 0 Å². The third-order valence-corrected chi connectivity index (χ3v) is 4.89. The van der Waals surface area contributed by atoms with Gasteiger partial charge in [-0.15, -0.1) is 0 Å². The first-order chi connectivity index (χ1) is 14.0. The van der Waals surface area contributed by atoms with E-state index in [1.165, 1.54) is 6.26 Å². The lowest BCUT2D eigenvalue weighted by Crippen LogP contribution is -2.21. The minimum absolute atomic E-state index is 0.177. The molecule has 7 nitrogen and oxygen atoms in total. The molecule has 0 bridgehead atoms. The Morgan fingerprint density at radius 2 is 2.00 bits per heavy atom. The Bertz CT molecular complexity index is 1100. The van der Waals surface area contributed by atoms with E-state index in [1.807, 2.05) is 6.92 Å². The van der Waals surface area contributed by atoms with Gasteiger partial charge in [0, 0.05) is 28.3 Å². The maximum atomic E-state index is 12.7. The number of furan rings is 2. The Morgan fingerprint density at radius 1 is 1.14 bits per heavy atom. The number of nitrogens with zero attached hydrogens (tertiary/aromatic N) is 1. The number of benzene rings is 1. The average Bonchev–Trinajstić information content (AvgIpc) is 3.35. The summed E-state index contributed by atoms with van der Waals surface area (Å²) in [5, 5.41) is 7.58. The number of carbonyl (C=O) groups is 2. The Hall–Kier alpha value is -3.32. The number of carbonyl (C=O) groups excluding carboxylic acids is 2. The molecule has 0 atom stereocenters. The molecule has 2 amide bonds. The second kappa shape index (κ2) is 7.97. The fourth-order valence-corrected chi connectivity index (χ4v) is 3.52. The third kappa shape index (κ3) is 3.95. The molecule has 148 valence electrons. The van der Waals surface area contributed by atoms with E-state index in [0.717, 1.165) is 12.0 Å². The van der Waals surface area contributed by atoms with Crippen LogP contribution in [0.2, 0.25) is 5.02 Å². The standard InChI is InChI=1S/C21H18ClN3O4/c1-12-18-15(24-25-20(26)17-9-4-10-28-17)7-3-8-16(18)29-19(12)21(27)23-14-6-2-5-13(22)11-14/h2,4-6,9-11H,3,7-8H2,1H3,(H,23,27)(H,25,26)/b24-15+. The summed E-state index contributed by atoms with van der Waals surface area (Å²) in [5.41, 5.74) is 5.22. The summed E-state index contributed by atoms with van der Waals surface area (Å²) in [6.07, 6.45) is 3.60. The van der Waals surface area contributed by atoms with E-state index in [1.54, 1.807) is 36.4 Å². The first kappa shape index (κ1) is 19.0. The van der Waals surface area contributed by atoms with Crippen molar-refractivity contribution in [3.63, 3.8) is 0 Å². The smallest absolute Gasteiger partial charge is 0.307 e. The summed E-state index contributed by atoms with van der Waals surface area (Å²) in [5.74, 6) is 0.293. The SMILES string of the molecule is Cc1c(C(=O)Nc2cccc(Cl)c2)oc2c1/C(=N/NC(=O)c1ccco1)CCC2. The highest BCUT2D eigenvalue weighted by Gasteiger charge is 2.28. The number of aryl methyl sites for hydroxylation is 1. The lowest BCUT2D eigenvalue weighted by Gasteiger charge is -2.13. The van der Waals surface area contributed by atoms with Crippen LogP contribution in [0.3, 0.4) is 0 Å². The predicted molar refractivity (Wildman–Crippen MR) is 108 cm³/mol. The van der Waals surface area contributed by atoms with Crippen molar-refractivity contribution in [2.24, 2.45) is 5.10 Å². The van der Waals surface area contributed by atoms with Crippen LogP contribution < -0.4 is 10.7 Å². The van der Waals surface area contributed by atoms with Gasteiger partial charge in [-0.05, 0) is 50.1 Å². The molecule has 0 saturated carbocycles. The van der Waals surface area contributed by atoms with Crippen molar-refractivity contribution in [1.29, 1.82) is 0 Å². The Kier molecular flexibility index (Phi) is 5.22. The summed E-state index contributed by atoms with van der Waals surface area (Å²) in [4.78, 5) is 24.8. The molecule has 0 radical (unpaired) electrons. The topological polar surface area (TPSA) is 96.8 Å². The van der Waals surface area contributed by atoms with E-state index in [4.69, 9.17) is 20.4 Å². The molecule has 0 aliphatic heterocycles. The van der Waals surface area contributed by atoms with E-state index in [-0.39, 0.29) is 17.4 Å². The summed E-state index contributed by atoms with van der Waals surface area (Å²) in [6, 6.07) is 10.1. The Labute approximate surface area is 171 Å². The molecular formula is C21H18ClN3O4. The molecule has 2 aromatic heterocycles. The molecule has 0 fully saturated rings. The van der Waals surface area contributed by atoms with Crippen molar-refractivity contribution < 1.29 is 18.4 Å². The van der Waals surface area contributed by atoms with Crippen molar-refractivity contribution in [1.82, 2.24) is 5.43 Å². The van der Waals surface area contributed by atoms with Crippen molar-refractivity contribution in [2.45, 2.75) is 26.2 Å². The van der Waals surface area contributed by atoms with Crippen LogP contribution in [0.5, 0.6) is 0 Å². The summed E-state index contributed by atoms with van der Waals surface area (Å²) in [6.45, 7) is 1.81. The molecule has 0 unspecified atom stereocenters. The number of rotatable bonds is 4. The molecule has 2 heterocycles. The van der Waals surface area contributed by atoms with E-state index >= 15 is 0 Å². The van der Waals surface area contributed by atoms with Gasteiger partial charge in [-0.1, -0.05) is 17.7 Å². The number of nitrogens with one attached hydrogen (secondary N) is 2. The lowest BCUT2D eigenvalue weighted by atomic mass is 9.93. The second-order valence-electron chi connectivity index (χ2n) is 6.65. The molecule has 3 aromatic rings. The fraction of sp³-hybridized carbons (Fsp3) is 0.190. The van der Waals surface area contributed by atoms with Crippen LogP contribution in [0.1, 0.15) is 50.8 Å². The number of hydrogen-bond acceptors (Lipinski definition) is 5. The van der Waals surface area contributed by atoms with E-state index in [2.05, 4.69) is 15.8 Å². The molecule has 0 spiro atoms. The number of hydrogen-bond donors (Lipinski definition) is 2. The lowest BCUT2D eigenvalue weighted by molar-refractivity contribution is 0.0926. The molecule has 2 N–H and O–H groups in total. The van der Waals surface area contributed by atoms with Gasteiger partial charge >= 0.3 is 5.91 Å². The minimum atomic E-state index is -0.435. The van der Waals surface area contributed by atoms with Crippen molar-refractivity contribution >= 4 is 34.8 Å². The van der Waals surface area contributed by atoms with Crippen LogP contribution in [-0.4, -0.2) is 17.5 Å². The minimum Gasteiger partial charge on any atom is -0.459 e. The van der Waals surface area contributed by atoms with Gasteiger partial charge in [-0.3, -0.25) is 9.59 Å². The molecular weight excluding hydrogens is 394 g/mol. The normalized spacial score (nSPS) is 14.5. The molecule has 29 heavy (non-hydrogen) atoms. The zero-order valence-electron chi connectivity index (χ0n) is 15.6. The van der Waals surface area contributed by atoms with Gasteiger partial charge in [0.15, 0.2) is 11.5 Å². The number of fused-ring (bicyclic) bond motifs is 1. The largest absolute Gasteiger partial charge is 0.459 e. The number of anilines is 1. The van der Waals surface area contributed by atoms with Crippen LogP contribution >= 0.6 is 11.6 Å². The summed E-state index contributed by atoms with van der Waals surface area (Å²) < 4.78 is 10.9. The average molecular weight is 412 g/mol. The van der Waals surface area contributed by atoms with E-state index in [9.17, 15) is 9.59 Å². The quantitative estimate of drug-likeness (QED) is 0.615. The molecule has 1 aromatic carbocycles. The van der Waals surface area contributed by atoms with E-state index < -0.39 is 5.91 Å². The second-order valence-corrected chi connectivity index (χ2v) is 7.09. The predicted octanol–water partition coefficient (Wildman–Crippen LogP) is 4.56. The monoisotopic (exact) mass is 411 g/mol. The molecule has 1 aliphatic rings. The maximum absolute atomic E-state index is 12.7. The number of amides is 2. The van der Waals surface area contributed by atoms with Gasteiger partial charge in [-0.2, -0.15) is 5.10 Å². The van der Waals surface area contributed by atoms with Crippen LogP contribution in [0.25, 0.3) is 0 Å². The van der Waals surface area contributed by atoms with Gasteiger partial charge < -0.3 is 14.2 Å². The Balaban J connectivity index is 1.58. The highest BCUT2D eigenvalue weighted by Crippen LogP contribution is 2.30. The van der Waals surface area contributed by atoms with Gasteiger partial charge in [0.25, 0.3) is 5.91 Å². The highest BCUT2D eigenvalue weighted by atomic mass is 35.5. The van der Waals surface area contributed by atoms with Gasteiger partial charge in [0.05, 0.1) is 12.0 Å². The van der Waals surface area contributed by atoms with Gasteiger partial charge in [-0.25, -0.2) is 5.43 Å². The third-order valence-electron chi connectivity index (χ3n) is 4.65. The van der Waals surface area contributed by atoms with E-state index in [0.29, 0.717) is 40.6 Å². The summed E-state index contributed by atoms with van der Waals surface area (Å²) >= 11 is 5.97. The van der Waals surface area contributed by atoms with Crippen LogP contribution in [0.4, 0.5) is 5.69 Å². The maximum Gasteiger partial charge on any atom is 0.307 e. The zero-order chi connectivity index (χ0) is 20.4. The van der Waals surface area contributed by atoms with Crippen LogP contribution in [0, 0.1) is 6.92 Å². The highest BCUT2D eigenvalue weighted by molar-refractivity contribution is 6.31. The molecule has 0 saturated heterocycles. The number of hydrazone groups is 1. The van der Waals surface area contributed by atoms with Crippen LogP contribution in [-0.2, 0) is 6.42 Å². The van der Waals surface area contributed by atoms with Gasteiger partial charge in [0.1, 0.15) is 5.76 Å². The molecule has 4 rings (SSSR count).